The van der Waals surface area contributed by atoms with E-state index >= 15 is 0 Å². The number of fused-ring (bicyclic) bond motifs is 1. The summed E-state index contributed by atoms with van der Waals surface area (Å²) < 4.78 is 0. The second-order valence-corrected chi connectivity index (χ2v) is 4.67. The molecule has 0 saturated heterocycles. The molecule has 0 amide bonds. The zero-order valence-electron chi connectivity index (χ0n) is 8.45. The van der Waals surface area contributed by atoms with E-state index in [1.807, 2.05) is 0 Å². The summed E-state index contributed by atoms with van der Waals surface area (Å²) in [4.78, 5) is 0. The normalized spacial score (nSPS) is 33.9. The standard InChI is InChI=1S/C13H17N/c1-2-5-10(6-3-1)14-9-13-11-7-4-8-12(11)13/h1-3,5-6,11-14H,4,7-9H2. The quantitative estimate of drug-likeness (QED) is 0.766. The van der Waals surface area contributed by atoms with E-state index in [0.717, 1.165) is 17.8 Å². The molecule has 1 aromatic carbocycles. The molecule has 14 heavy (non-hydrogen) atoms. The van der Waals surface area contributed by atoms with E-state index in [1.54, 1.807) is 0 Å². The van der Waals surface area contributed by atoms with Crippen molar-refractivity contribution in [3.05, 3.63) is 30.3 Å². The highest BCUT2D eigenvalue weighted by Gasteiger charge is 2.51. The lowest BCUT2D eigenvalue weighted by molar-refractivity contribution is 0.608. The van der Waals surface area contributed by atoms with Crippen LogP contribution in [0.2, 0.25) is 0 Å². The van der Waals surface area contributed by atoms with Crippen molar-refractivity contribution in [1.29, 1.82) is 0 Å². The summed E-state index contributed by atoms with van der Waals surface area (Å²) in [6.45, 7) is 1.19. The zero-order chi connectivity index (χ0) is 9.38. The molecule has 2 unspecified atom stereocenters. The molecule has 2 aliphatic carbocycles. The van der Waals surface area contributed by atoms with Gasteiger partial charge in [-0.1, -0.05) is 24.6 Å². The lowest BCUT2D eigenvalue weighted by Gasteiger charge is -2.06. The highest BCUT2D eigenvalue weighted by Crippen LogP contribution is 2.57. The molecule has 74 valence electrons. The predicted molar refractivity (Wildman–Crippen MR) is 59.3 cm³/mol. The third-order valence-corrected chi connectivity index (χ3v) is 3.90. The molecule has 0 spiro atoms. The summed E-state index contributed by atoms with van der Waals surface area (Å²) in [5.41, 5.74) is 1.28. The Morgan fingerprint density at radius 3 is 2.50 bits per heavy atom. The second-order valence-electron chi connectivity index (χ2n) is 4.67. The van der Waals surface area contributed by atoms with Crippen LogP contribution in [0.1, 0.15) is 19.3 Å². The first-order valence-electron chi connectivity index (χ1n) is 5.74. The summed E-state index contributed by atoms with van der Waals surface area (Å²) >= 11 is 0. The first kappa shape index (κ1) is 8.34. The van der Waals surface area contributed by atoms with Gasteiger partial charge in [-0.25, -0.2) is 0 Å². The molecule has 1 aromatic rings. The van der Waals surface area contributed by atoms with Gasteiger partial charge in [0, 0.05) is 12.2 Å². The molecule has 0 radical (unpaired) electrons. The molecule has 0 aromatic heterocycles. The largest absolute Gasteiger partial charge is 0.385 e. The van der Waals surface area contributed by atoms with Crippen molar-refractivity contribution >= 4 is 5.69 Å². The molecule has 2 saturated carbocycles. The number of nitrogens with one attached hydrogen (secondary N) is 1. The fourth-order valence-corrected chi connectivity index (χ4v) is 3.06. The monoisotopic (exact) mass is 187 g/mol. The number of rotatable bonds is 3. The molecule has 0 heterocycles. The van der Waals surface area contributed by atoms with Gasteiger partial charge in [-0.05, 0) is 42.7 Å². The highest BCUT2D eigenvalue weighted by atomic mass is 14.9. The number of anilines is 1. The van der Waals surface area contributed by atoms with Crippen LogP contribution in [0.25, 0.3) is 0 Å². The molecule has 0 aliphatic heterocycles. The summed E-state index contributed by atoms with van der Waals surface area (Å²) in [5, 5.41) is 3.54. The first-order chi connectivity index (χ1) is 6.95. The summed E-state index contributed by atoms with van der Waals surface area (Å²) in [6.07, 6.45) is 4.47. The number of benzene rings is 1. The minimum Gasteiger partial charge on any atom is -0.385 e. The molecule has 2 fully saturated rings. The number of hydrogen-bond donors (Lipinski definition) is 1. The van der Waals surface area contributed by atoms with Crippen LogP contribution in [0, 0.1) is 17.8 Å². The van der Waals surface area contributed by atoms with Crippen LogP contribution in [0.15, 0.2) is 30.3 Å². The third-order valence-electron chi connectivity index (χ3n) is 3.90. The van der Waals surface area contributed by atoms with E-state index in [0.29, 0.717) is 0 Å². The molecule has 0 bridgehead atoms. The van der Waals surface area contributed by atoms with Crippen molar-refractivity contribution in [2.75, 3.05) is 11.9 Å². The van der Waals surface area contributed by atoms with Crippen LogP contribution >= 0.6 is 0 Å². The first-order valence-corrected chi connectivity index (χ1v) is 5.74. The minimum absolute atomic E-state index is 0.990. The predicted octanol–water partition coefficient (Wildman–Crippen LogP) is 3.14. The van der Waals surface area contributed by atoms with Gasteiger partial charge in [0.25, 0.3) is 0 Å². The van der Waals surface area contributed by atoms with Crippen molar-refractivity contribution in [3.63, 3.8) is 0 Å². The maximum atomic E-state index is 3.54. The van der Waals surface area contributed by atoms with Gasteiger partial charge in [-0.2, -0.15) is 0 Å². The van der Waals surface area contributed by atoms with Crippen LogP contribution in [-0.2, 0) is 0 Å². The van der Waals surface area contributed by atoms with Crippen molar-refractivity contribution in [1.82, 2.24) is 0 Å². The Morgan fingerprint density at radius 2 is 1.79 bits per heavy atom. The van der Waals surface area contributed by atoms with Gasteiger partial charge in [0.1, 0.15) is 0 Å². The topological polar surface area (TPSA) is 12.0 Å². The molecule has 1 heteroatoms. The molecule has 1 nitrogen and oxygen atoms in total. The van der Waals surface area contributed by atoms with Gasteiger partial charge in [0.15, 0.2) is 0 Å². The van der Waals surface area contributed by atoms with Gasteiger partial charge < -0.3 is 5.32 Å². The van der Waals surface area contributed by atoms with E-state index in [-0.39, 0.29) is 0 Å². The molecule has 2 atom stereocenters. The summed E-state index contributed by atoms with van der Waals surface area (Å²) in [5.74, 6) is 3.14. The molecular weight excluding hydrogens is 170 g/mol. The van der Waals surface area contributed by atoms with E-state index in [1.165, 1.54) is 31.5 Å². The zero-order valence-corrected chi connectivity index (χ0v) is 8.45. The third kappa shape index (κ3) is 1.41. The van der Waals surface area contributed by atoms with Crippen molar-refractivity contribution in [3.8, 4) is 0 Å². The van der Waals surface area contributed by atoms with Crippen LogP contribution in [0.5, 0.6) is 0 Å². The average molecular weight is 187 g/mol. The van der Waals surface area contributed by atoms with Gasteiger partial charge in [0.05, 0.1) is 0 Å². The van der Waals surface area contributed by atoms with Gasteiger partial charge in [0.2, 0.25) is 0 Å². The van der Waals surface area contributed by atoms with E-state index < -0.39 is 0 Å². The average Bonchev–Trinajstić information content (AvgIpc) is 2.69. The van der Waals surface area contributed by atoms with Crippen molar-refractivity contribution in [2.45, 2.75) is 19.3 Å². The number of hydrogen-bond acceptors (Lipinski definition) is 1. The van der Waals surface area contributed by atoms with Crippen molar-refractivity contribution in [2.24, 2.45) is 17.8 Å². The fourth-order valence-electron chi connectivity index (χ4n) is 3.06. The second kappa shape index (κ2) is 3.30. The smallest absolute Gasteiger partial charge is 0.0340 e. The summed E-state index contributed by atoms with van der Waals surface area (Å²) in [6, 6.07) is 10.6. The minimum atomic E-state index is 0.990. The lowest BCUT2D eigenvalue weighted by Crippen LogP contribution is -2.06. The maximum absolute atomic E-state index is 3.54. The Labute approximate surface area is 85.5 Å². The number of para-hydroxylation sites is 1. The Bertz CT molecular complexity index is 296. The Balaban J connectivity index is 1.52. The Morgan fingerprint density at radius 1 is 1.07 bits per heavy atom. The van der Waals surface area contributed by atoms with E-state index in [4.69, 9.17) is 0 Å². The highest BCUT2D eigenvalue weighted by molar-refractivity contribution is 5.42. The molecular formula is C13H17N. The maximum Gasteiger partial charge on any atom is 0.0340 e. The SMILES string of the molecule is c1ccc(NCC2C3CCCC32)cc1. The molecule has 3 rings (SSSR count). The van der Waals surface area contributed by atoms with Crippen LogP contribution in [0.3, 0.4) is 0 Å². The molecule has 1 N–H and O–H groups in total. The van der Waals surface area contributed by atoms with Crippen LogP contribution < -0.4 is 5.32 Å². The van der Waals surface area contributed by atoms with Crippen molar-refractivity contribution < 1.29 is 0 Å². The van der Waals surface area contributed by atoms with Gasteiger partial charge >= 0.3 is 0 Å². The summed E-state index contributed by atoms with van der Waals surface area (Å²) in [7, 11) is 0. The van der Waals surface area contributed by atoms with E-state index in [9.17, 15) is 0 Å². The molecule has 2 aliphatic rings. The Kier molecular flexibility index (Phi) is 1.97. The fraction of sp³-hybridized carbons (Fsp3) is 0.538. The van der Waals surface area contributed by atoms with Gasteiger partial charge in [-0.15, -0.1) is 0 Å². The van der Waals surface area contributed by atoms with E-state index in [2.05, 4.69) is 35.6 Å². The van der Waals surface area contributed by atoms with Crippen LogP contribution in [0.4, 0.5) is 5.69 Å². The lowest BCUT2D eigenvalue weighted by atomic mass is 10.1. The Hall–Kier alpha value is -0.980. The van der Waals surface area contributed by atoms with Crippen LogP contribution in [-0.4, -0.2) is 6.54 Å². The van der Waals surface area contributed by atoms with Gasteiger partial charge in [-0.3, -0.25) is 0 Å².